The molecule has 0 radical (unpaired) electrons. The van der Waals surface area contributed by atoms with E-state index in [1.54, 1.807) is 0 Å². The molecule has 5 nitrogen and oxygen atoms in total. The van der Waals surface area contributed by atoms with Gasteiger partial charge >= 0.3 is 0 Å². The smallest absolute Gasteiger partial charge is 0.169 e. The van der Waals surface area contributed by atoms with E-state index < -0.39 is 0 Å². The van der Waals surface area contributed by atoms with Crippen molar-refractivity contribution >= 4 is 22.8 Å². The normalized spacial score (nSPS) is 13.8. The number of nitrogens with one attached hydrogen (secondary N) is 1. The summed E-state index contributed by atoms with van der Waals surface area (Å²) in [5, 5.41) is 16.6. The summed E-state index contributed by atoms with van der Waals surface area (Å²) < 4.78 is 2.15. The average molecular weight is 361 g/mol. The van der Waals surface area contributed by atoms with Gasteiger partial charge in [-0.15, -0.1) is 0 Å². The molecule has 1 aromatic carbocycles. The van der Waals surface area contributed by atoms with Gasteiger partial charge in [0.15, 0.2) is 12.4 Å². The highest BCUT2D eigenvalue weighted by Gasteiger charge is 2.17. The lowest BCUT2D eigenvalue weighted by Gasteiger charge is -2.21. The van der Waals surface area contributed by atoms with E-state index in [0.29, 0.717) is 0 Å². The topological polar surface area (TPSA) is 61.4 Å². The highest BCUT2D eigenvalue weighted by atomic mass is 16.4. The monoisotopic (exact) mass is 361 g/mol. The van der Waals surface area contributed by atoms with Crippen molar-refractivity contribution in [1.82, 2.24) is 4.98 Å². The van der Waals surface area contributed by atoms with Crippen LogP contribution in [0.5, 0.6) is 0 Å². The first-order valence-corrected chi connectivity index (χ1v) is 9.66. The summed E-state index contributed by atoms with van der Waals surface area (Å²) in [7, 11) is 0. The first kappa shape index (κ1) is 17.5. The second kappa shape index (κ2) is 8.16. The standard InChI is InChI=1S/C22H24N4O/c27-24-16-17-10-14-26(15-11-17)13-5-12-23-22-18-6-1-3-8-20(18)25-21-9-4-2-7-19(21)22/h1,3,6,8,10-11,14-16H,2,4-5,7,9,12-13H2,(H,23,25)/p+1. The molecule has 1 aliphatic rings. The largest absolute Gasteiger partial charge is 0.411 e. The first-order chi connectivity index (χ1) is 13.3. The van der Waals surface area contributed by atoms with Crippen LogP contribution in [0.25, 0.3) is 10.9 Å². The predicted octanol–water partition coefficient (Wildman–Crippen LogP) is 3.71. The van der Waals surface area contributed by atoms with E-state index in [9.17, 15) is 0 Å². The van der Waals surface area contributed by atoms with Gasteiger partial charge in [0.2, 0.25) is 0 Å². The highest BCUT2D eigenvalue weighted by Crippen LogP contribution is 2.33. The number of aromatic nitrogens is 2. The molecule has 0 saturated carbocycles. The van der Waals surface area contributed by atoms with E-state index in [1.165, 1.54) is 41.4 Å². The SMILES string of the molecule is O/N=C/c1cc[n+](CCCNc2c3c(nc4ccccc24)CCCC3)cc1. The molecule has 2 N–H and O–H groups in total. The van der Waals surface area contributed by atoms with Gasteiger partial charge in [-0.05, 0) is 37.3 Å². The van der Waals surface area contributed by atoms with Crippen LogP contribution in [0.15, 0.2) is 53.9 Å². The van der Waals surface area contributed by atoms with Crippen LogP contribution < -0.4 is 9.88 Å². The summed E-state index contributed by atoms with van der Waals surface area (Å²) in [5.74, 6) is 0. The summed E-state index contributed by atoms with van der Waals surface area (Å²) in [6.45, 7) is 1.86. The van der Waals surface area contributed by atoms with Gasteiger partial charge in [-0.3, -0.25) is 4.98 Å². The number of hydrogen-bond acceptors (Lipinski definition) is 4. The Morgan fingerprint density at radius 2 is 1.93 bits per heavy atom. The number of anilines is 1. The third-order valence-electron chi connectivity index (χ3n) is 5.19. The van der Waals surface area contributed by atoms with Crippen LogP contribution in [0.1, 0.15) is 36.1 Å². The Labute approximate surface area is 159 Å². The Morgan fingerprint density at radius 3 is 2.78 bits per heavy atom. The first-order valence-electron chi connectivity index (χ1n) is 9.66. The van der Waals surface area contributed by atoms with Gasteiger partial charge in [0.1, 0.15) is 6.54 Å². The number of fused-ring (bicyclic) bond motifs is 2. The molecular weight excluding hydrogens is 336 g/mol. The molecule has 138 valence electrons. The molecule has 0 atom stereocenters. The molecule has 1 aliphatic carbocycles. The molecule has 5 heteroatoms. The van der Waals surface area contributed by atoms with E-state index >= 15 is 0 Å². The van der Waals surface area contributed by atoms with E-state index in [0.717, 1.165) is 43.4 Å². The number of aryl methyl sites for hydroxylation is 2. The summed E-state index contributed by atoms with van der Waals surface area (Å²) in [4.78, 5) is 4.90. The van der Waals surface area contributed by atoms with Crippen LogP contribution in [0.2, 0.25) is 0 Å². The summed E-state index contributed by atoms with van der Waals surface area (Å²) in [5.41, 5.74) is 5.96. The fourth-order valence-corrected chi connectivity index (χ4v) is 3.82. The van der Waals surface area contributed by atoms with Gasteiger partial charge in [-0.25, -0.2) is 4.57 Å². The zero-order valence-corrected chi connectivity index (χ0v) is 15.4. The van der Waals surface area contributed by atoms with Crippen LogP contribution in [0, 0.1) is 0 Å². The lowest BCUT2D eigenvalue weighted by atomic mass is 9.92. The van der Waals surface area contributed by atoms with Crippen LogP contribution in [-0.4, -0.2) is 23.0 Å². The lowest BCUT2D eigenvalue weighted by Crippen LogP contribution is -2.33. The fourth-order valence-electron chi connectivity index (χ4n) is 3.82. The molecule has 27 heavy (non-hydrogen) atoms. The zero-order chi connectivity index (χ0) is 18.5. The lowest BCUT2D eigenvalue weighted by molar-refractivity contribution is -0.697. The molecule has 0 fully saturated rings. The highest BCUT2D eigenvalue weighted by molar-refractivity contribution is 5.93. The maximum Gasteiger partial charge on any atom is 0.169 e. The Kier molecular flexibility index (Phi) is 5.28. The van der Waals surface area contributed by atoms with Crippen molar-refractivity contribution < 1.29 is 9.77 Å². The van der Waals surface area contributed by atoms with E-state index in [2.05, 4.69) is 39.3 Å². The molecule has 3 aromatic rings. The van der Waals surface area contributed by atoms with Crippen LogP contribution in [0.3, 0.4) is 0 Å². The third kappa shape index (κ3) is 3.92. The molecule has 0 bridgehead atoms. The Bertz CT molecular complexity index is 950. The van der Waals surface area contributed by atoms with Gasteiger partial charge in [-0.2, -0.15) is 0 Å². The fraction of sp³-hybridized carbons (Fsp3) is 0.318. The van der Waals surface area contributed by atoms with Crippen molar-refractivity contribution in [2.75, 3.05) is 11.9 Å². The summed E-state index contributed by atoms with van der Waals surface area (Å²) in [6, 6.07) is 12.3. The average Bonchev–Trinajstić information content (AvgIpc) is 2.72. The van der Waals surface area contributed by atoms with Gasteiger partial charge < -0.3 is 10.5 Å². The van der Waals surface area contributed by atoms with Gasteiger partial charge in [0.05, 0.1) is 11.7 Å². The van der Waals surface area contributed by atoms with Gasteiger partial charge in [0, 0.05) is 47.4 Å². The second-order valence-electron chi connectivity index (χ2n) is 7.03. The van der Waals surface area contributed by atoms with Crippen molar-refractivity contribution in [2.24, 2.45) is 5.16 Å². The summed E-state index contributed by atoms with van der Waals surface area (Å²) >= 11 is 0. The molecule has 2 heterocycles. The molecule has 0 unspecified atom stereocenters. The molecule has 2 aromatic heterocycles. The Morgan fingerprint density at radius 1 is 1.11 bits per heavy atom. The number of oxime groups is 1. The molecule has 4 rings (SSSR count). The minimum absolute atomic E-state index is 0.891. The van der Waals surface area contributed by atoms with Crippen molar-refractivity contribution in [3.8, 4) is 0 Å². The van der Waals surface area contributed by atoms with E-state index in [1.807, 2.05) is 24.5 Å². The van der Waals surface area contributed by atoms with Gasteiger partial charge in [-0.1, -0.05) is 23.4 Å². The minimum atomic E-state index is 0.891. The van der Waals surface area contributed by atoms with Crippen molar-refractivity contribution in [3.63, 3.8) is 0 Å². The Balaban J connectivity index is 1.45. The number of pyridine rings is 2. The van der Waals surface area contributed by atoms with Crippen molar-refractivity contribution in [1.29, 1.82) is 0 Å². The molecular formula is C22H25N4O+. The van der Waals surface area contributed by atoms with Gasteiger partial charge in [0.25, 0.3) is 0 Å². The van der Waals surface area contributed by atoms with E-state index in [-0.39, 0.29) is 0 Å². The number of nitrogens with zero attached hydrogens (tertiary/aromatic N) is 3. The minimum Gasteiger partial charge on any atom is -0.411 e. The summed E-state index contributed by atoms with van der Waals surface area (Å²) in [6.07, 6.45) is 11.2. The number of hydrogen-bond donors (Lipinski definition) is 2. The number of benzene rings is 1. The molecule has 0 amide bonds. The quantitative estimate of drug-likeness (QED) is 0.231. The second-order valence-corrected chi connectivity index (χ2v) is 7.03. The zero-order valence-electron chi connectivity index (χ0n) is 15.4. The third-order valence-corrected chi connectivity index (χ3v) is 5.19. The molecule has 0 aliphatic heterocycles. The number of para-hydroxylation sites is 1. The maximum absolute atomic E-state index is 8.58. The maximum atomic E-state index is 8.58. The Hall–Kier alpha value is -2.95. The van der Waals surface area contributed by atoms with Crippen LogP contribution >= 0.6 is 0 Å². The molecule has 0 saturated heterocycles. The van der Waals surface area contributed by atoms with Crippen molar-refractivity contribution in [2.45, 2.75) is 38.6 Å². The predicted molar refractivity (Wildman–Crippen MR) is 108 cm³/mol. The number of rotatable bonds is 6. The molecule has 0 spiro atoms. The van der Waals surface area contributed by atoms with Crippen LogP contribution in [-0.2, 0) is 19.4 Å². The van der Waals surface area contributed by atoms with Crippen molar-refractivity contribution in [3.05, 3.63) is 65.6 Å². The van der Waals surface area contributed by atoms with E-state index in [4.69, 9.17) is 10.2 Å². The van der Waals surface area contributed by atoms with Crippen LogP contribution in [0.4, 0.5) is 5.69 Å².